The third-order valence-corrected chi connectivity index (χ3v) is 3.67. The molecular weight excluding hydrogens is 214 g/mol. The highest BCUT2D eigenvalue weighted by Gasteiger charge is 2.32. The van der Waals surface area contributed by atoms with Crippen LogP contribution in [-0.2, 0) is 4.79 Å². The van der Waals surface area contributed by atoms with Crippen LogP contribution in [0.15, 0.2) is 0 Å². The van der Waals surface area contributed by atoms with E-state index in [1.165, 1.54) is 0 Å². The molecule has 17 heavy (non-hydrogen) atoms. The quantitative estimate of drug-likeness (QED) is 0.673. The Bertz CT molecular complexity index is 270. The fourth-order valence-electron chi connectivity index (χ4n) is 2.06. The molecule has 1 amide bonds. The first-order valence-electron chi connectivity index (χ1n) is 6.58. The molecule has 0 aliphatic carbocycles. The lowest BCUT2D eigenvalue weighted by atomic mass is 9.99. The molecule has 1 aliphatic heterocycles. The molecule has 3 N–H and O–H groups in total. The predicted octanol–water partition coefficient (Wildman–Crippen LogP) is 1.02. The molecule has 0 aromatic rings. The summed E-state index contributed by atoms with van der Waals surface area (Å²) in [6.07, 6.45) is 2.01. The molecule has 0 radical (unpaired) electrons. The molecule has 0 aromatic heterocycles. The van der Waals surface area contributed by atoms with Gasteiger partial charge in [-0.1, -0.05) is 6.92 Å². The molecule has 100 valence electrons. The summed E-state index contributed by atoms with van der Waals surface area (Å²) in [6.45, 7) is 12.2. The molecule has 4 heteroatoms. The van der Waals surface area contributed by atoms with Crippen LogP contribution >= 0.6 is 0 Å². The van der Waals surface area contributed by atoms with Crippen LogP contribution < -0.4 is 16.0 Å². The topological polar surface area (TPSA) is 53.2 Å². The van der Waals surface area contributed by atoms with Crippen molar-refractivity contribution in [3.8, 4) is 0 Å². The molecule has 0 saturated carbocycles. The van der Waals surface area contributed by atoms with Crippen molar-refractivity contribution in [2.75, 3.05) is 13.1 Å². The standard InChI is InChI=1S/C13H27N3O/c1-6-12(3,4)16-11(17)10(2)15-13(5)7-8-14-9-13/h10,14-15H,6-9H2,1-5H3,(H,16,17). The Labute approximate surface area is 105 Å². The Hall–Kier alpha value is -0.610. The third kappa shape index (κ3) is 4.28. The van der Waals surface area contributed by atoms with Crippen molar-refractivity contribution in [1.82, 2.24) is 16.0 Å². The molecule has 0 aromatic carbocycles. The maximum atomic E-state index is 12.1. The maximum absolute atomic E-state index is 12.1. The van der Waals surface area contributed by atoms with Crippen molar-refractivity contribution >= 4 is 5.91 Å². The van der Waals surface area contributed by atoms with E-state index in [0.29, 0.717) is 0 Å². The lowest BCUT2D eigenvalue weighted by Gasteiger charge is -2.31. The lowest BCUT2D eigenvalue weighted by Crippen LogP contribution is -2.56. The first-order valence-corrected chi connectivity index (χ1v) is 6.58. The van der Waals surface area contributed by atoms with E-state index in [9.17, 15) is 4.79 Å². The average Bonchev–Trinajstić information content (AvgIpc) is 2.64. The van der Waals surface area contributed by atoms with Gasteiger partial charge in [0.2, 0.25) is 5.91 Å². The highest BCUT2D eigenvalue weighted by atomic mass is 16.2. The number of carbonyl (C=O) groups is 1. The lowest BCUT2D eigenvalue weighted by molar-refractivity contribution is -0.124. The van der Waals surface area contributed by atoms with Gasteiger partial charge >= 0.3 is 0 Å². The fourth-order valence-corrected chi connectivity index (χ4v) is 2.06. The molecular formula is C13H27N3O. The molecule has 1 heterocycles. The van der Waals surface area contributed by atoms with Crippen molar-refractivity contribution in [3.63, 3.8) is 0 Å². The zero-order valence-electron chi connectivity index (χ0n) is 11.8. The van der Waals surface area contributed by atoms with Crippen molar-refractivity contribution in [2.45, 2.75) is 64.6 Å². The molecule has 2 atom stereocenters. The summed E-state index contributed by atoms with van der Waals surface area (Å²) in [5.74, 6) is 0.0879. The van der Waals surface area contributed by atoms with Gasteiger partial charge in [0.1, 0.15) is 0 Å². The Kier molecular flexibility index (Phi) is 4.55. The number of amides is 1. The van der Waals surface area contributed by atoms with E-state index >= 15 is 0 Å². The predicted molar refractivity (Wildman–Crippen MR) is 71.0 cm³/mol. The van der Waals surface area contributed by atoms with Crippen LogP contribution in [0.25, 0.3) is 0 Å². The summed E-state index contributed by atoms with van der Waals surface area (Å²) in [7, 11) is 0. The third-order valence-electron chi connectivity index (χ3n) is 3.67. The number of nitrogens with one attached hydrogen (secondary N) is 3. The van der Waals surface area contributed by atoms with Crippen LogP contribution in [-0.4, -0.2) is 36.1 Å². The number of carbonyl (C=O) groups excluding carboxylic acids is 1. The Morgan fingerprint density at radius 2 is 2.18 bits per heavy atom. The van der Waals surface area contributed by atoms with Crippen LogP contribution in [0, 0.1) is 0 Å². The second kappa shape index (κ2) is 5.36. The van der Waals surface area contributed by atoms with Crippen molar-refractivity contribution < 1.29 is 4.79 Å². The van der Waals surface area contributed by atoms with Gasteiger partial charge in [0.05, 0.1) is 6.04 Å². The molecule has 0 spiro atoms. The minimum atomic E-state index is -0.147. The maximum Gasteiger partial charge on any atom is 0.237 e. The highest BCUT2D eigenvalue weighted by molar-refractivity contribution is 5.82. The average molecular weight is 241 g/mol. The first kappa shape index (κ1) is 14.5. The SMILES string of the molecule is CCC(C)(C)NC(=O)C(C)NC1(C)CCNC1. The van der Waals surface area contributed by atoms with Gasteiger partial charge in [0.15, 0.2) is 0 Å². The largest absolute Gasteiger partial charge is 0.350 e. The van der Waals surface area contributed by atoms with Gasteiger partial charge in [-0.15, -0.1) is 0 Å². The van der Waals surface area contributed by atoms with E-state index in [0.717, 1.165) is 25.9 Å². The van der Waals surface area contributed by atoms with Crippen molar-refractivity contribution in [1.29, 1.82) is 0 Å². The summed E-state index contributed by atoms with van der Waals surface area (Å²) in [4.78, 5) is 12.1. The van der Waals surface area contributed by atoms with E-state index in [2.05, 4.69) is 43.6 Å². The second-order valence-corrected chi connectivity index (χ2v) is 6.08. The summed E-state index contributed by atoms with van der Waals surface area (Å²) in [6, 6.07) is -0.147. The molecule has 2 unspecified atom stereocenters. The van der Waals surface area contributed by atoms with Gasteiger partial charge in [-0.25, -0.2) is 0 Å². The zero-order valence-corrected chi connectivity index (χ0v) is 11.8. The van der Waals surface area contributed by atoms with Gasteiger partial charge in [0.25, 0.3) is 0 Å². The molecule has 1 rings (SSSR count). The number of rotatable bonds is 5. The fraction of sp³-hybridized carbons (Fsp3) is 0.923. The van der Waals surface area contributed by atoms with E-state index in [-0.39, 0.29) is 23.0 Å². The second-order valence-electron chi connectivity index (χ2n) is 6.08. The van der Waals surface area contributed by atoms with Crippen LogP contribution in [0.4, 0.5) is 0 Å². The van der Waals surface area contributed by atoms with Gasteiger partial charge in [-0.05, 0) is 47.1 Å². The highest BCUT2D eigenvalue weighted by Crippen LogP contribution is 2.14. The smallest absolute Gasteiger partial charge is 0.237 e. The van der Waals surface area contributed by atoms with Gasteiger partial charge in [-0.2, -0.15) is 0 Å². The van der Waals surface area contributed by atoms with E-state index in [1.807, 2.05) is 6.92 Å². The van der Waals surface area contributed by atoms with E-state index < -0.39 is 0 Å². The molecule has 1 aliphatic rings. The Morgan fingerprint density at radius 1 is 1.53 bits per heavy atom. The van der Waals surface area contributed by atoms with Crippen LogP contribution in [0.5, 0.6) is 0 Å². The number of hydrogen-bond donors (Lipinski definition) is 3. The molecule has 0 bridgehead atoms. The minimum Gasteiger partial charge on any atom is -0.350 e. The summed E-state index contributed by atoms with van der Waals surface area (Å²) in [5.41, 5.74) is -0.0744. The molecule has 4 nitrogen and oxygen atoms in total. The Morgan fingerprint density at radius 3 is 2.65 bits per heavy atom. The monoisotopic (exact) mass is 241 g/mol. The normalized spacial score (nSPS) is 26.9. The summed E-state index contributed by atoms with van der Waals surface area (Å²) in [5, 5.41) is 9.82. The molecule has 1 fully saturated rings. The minimum absolute atomic E-state index is 0.0487. The van der Waals surface area contributed by atoms with Crippen LogP contribution in [0.2, 0.25) is 0 Å². The zero-order chi connectivity index (χ0) is 13.1. The number of hydrogen-bond acceptors (Lipinski definition) is 3. The van der Waals surface area contributed by atoms with Crippen molar-refractivity contribution in [3.05, 3.63) is 0 Å². The molecule has 1 saturated heterocycles. The summed E-state index contributed by atoms with van der Waals surface area (Å²) >= 11 is 0. The van der Waals surface area contributed by atoms with Gasteiger partial charge in [0, 0.05) is 17.6 Å². The van der Waals surface area contributed by atoms with E-state index in [1.54, 1.807) is 0 Å². The van der Waals surface area contributed by atoms with Crippen LogP contribution in [0.1, 0.15) is 47.5 Å². The summed E-state index contributed by atoms with van der Waals surface area (Å²) < 4.78 is 0. The van der Waals surface area contributed by atoms with E-state index in [4.69, 9.17) is 0 Å². The van der Waals surface area contributed by atoms with Gasteiger partial charge in [-0.3, -0.25) is 10.1 Å². The Balaban J connectivity index is 2.47. The van der Waals surface area contributed by atoms with Crippen molar-refractivity contribution in [2.24, 2.45) is 0 Å². The van der Waals surface area contributed by atoms with Gasteiger partial charge < -0.3 is 10.6 Å². The van der Waals surface area contributed by atoms with Crippen LogP contribution in [0.3, 0.4) is 0 Å². The first-order chi connectivity index (χ1) is 7.78.